The van der Waals surface area contributed by atoms with Crippen molar-refractivity contribution in [3.8, 4) is 0 Å². The maximum absolute atomic E-state index is 11.6. The van der Waals surface area contributed by atoms with E-state index in [1.807, 2.05) is 0 Å². The first kappa shape index (κ1) is 14.7. The molecular formula is C15H23N3O2S. The molecule has 0 aromatic carbocycles. The van der Waals surface area contributed by atoms with E-state index < -0.39 is 5.91 Å². The highest BCUT2D eigenvalue weighted by Gasteiger charge is 2.34. The van der Waals surface area contributed by atoms with Crippen LogP contribution < -0.4 is 16.4 Å². The fraction of sp³-hybridized carbons (Fsp3) is 0.667. The minimum absolute atomic E-state index is 0.412. The van der Waals surface area contributed by atoms with Gasteiger partial charge in [-0.2, -0.15) is 0 Å². The molecular weight excluding hydrogens is 286 g/mol. The van der Waals surface area contributed by atoms with Crippen LogP contribution in [0.2, 0.25) is 0 Å². The standard InChI is InChI=1S/C15H23N3O2S/c1-18(8-9-4-6-20-7-5-9)15-11(10-2-3-10)12(16)13(21-15)14(17)19/h9-10H,2-8,16H2,1H3,(H2,17,19). The van der Waals surface area contributed by atoms with Crippen molar-refractivity contribution in [3.63, 3.8) is 0 Å². The van der Waals surface area contributed by atoms with Gasteiger partial charge < -0.3 is 21.1 Å². The quantitative estimate of drug-likeness (QED) is 0.873. The Kier molecular flexibility index (Phi) is 4.08. The van der Waals surface area contributed by atoms with Gasteiger partial charge in [0, 0.05) is 32.4 Å². The molecule has 0 atom stereocenters. The van der Waals surface area contributed by atoms with Crippen LogP contribution in [0.1, 0.15) is 46.8 Å². The molecule has 1 aromatic rings. The van der Waals surface area contributed by atoms with Crippen molar-refractivity contribution in [2.24, 2.45) is 11.7 Å². The molecule has 3 rings (SSSR count). The molecule has 0 spiro atoms. The molecule has 0 unspecified atom stereocenters. The van der Waals surface area contributed by atoms with Gasteiger partial charge in [-0.05, 0) is 37.5 Å². The summed E-state index contributed by atoms with van der Waals surface area (Å²) < 4.78 is 5.42. The van der Waals surface area contributed by atoms with Crippen molar-refractivity contribution in [1.29, 1.82) is 0 Å². The van der Waals surface area contributed by atoms with Gasteiger partial charge in [0.2, 0.25) is 0 Å². The Morgan fingerprint density at radius 3 is 2.57 bits per heavy atom. The summed E-state index contributed by atoms with van der Waals surface area (Å²) in [6.45, 7) is 2.70. The lowest BCUT2D eigenvalue weighted by atomic mass is 10.00. The highest BCUT2D eigenvalue weighted by Crippen LogP contribution is 2.51. The van der Waals surface area contributed by atoms with Crippen LogP contribution in [0.3, 0.4) is 0 Å². The molecule has 1 amide bonds. The topological polar surface area (TPSA) is 81.6 Å². The summed E-state index contributed by atoms with van der Waals surface area (Å²) in [6.07, 6.45) is 4.54. The highest BCUT2D eigenvalue weighted by molar-refractivity contribution is 7.18. The van der Waals surface area contributed by atoms with Gasteiger partial charge in [0.05, 0.1) is 10.7 Å². The van der Waals surface area contributed by atoms with Crippen molar-refractivity contribution in [1.82, 2.24) is 0 Å². The summed E-state index contributed by atoms with van der Waals surface area (Å²) in [5, 5.41) is 1.13. The van der Waals surface area contributed by atoms with E-state index in [1.165, 1.54) is 11.3 Å². The van der Waals surface area contributed by atoms with Crippen LogP contribution in [0.4, 0.5) is 10.7 Å². The number of nitrogen functional groups attached to an aromatic ring is 1. The van der Waals surface area contributed by atoms with Gasteiger partial charge in [-0.3, -0.25) is 4.79 Å². The van der Waals surface area contributed by atoms with Crippen molar-refractivity contribution in [3.05, 3.63) is 10.4 Å². The Labute approximate surface area is 129 Å². The Morgan fingerprint density at radius 2 is 2.00 bits per heavy atom. The number of hydrogen-bond acceptors (Lipinski definition) is 5. The third-order valence-electron chi connectivity index (χ3n) is 4.39. The van der Waals surface area contributed by atoms with Gasteiger partial charge in [-0.25, -0.2) is 0 Å². The molecule has 2 heterocycles. The second kappa shape index (κ2) is 5.85. The Bertz CT molecular complexity index is 533. The van der Waals surface area contributed by atoms with E-state index in [0.29, 0.717) is 22.4 Å². The molecule has 1 aliphatic heterocycles. The minimum atomic E-state index is -0.412. The number of anilines is 2. The first-order valence-electron chi connectivity index (χ1n) is 7.58. The first-order chi connectivity index (χ1) is 10.1. The molecule has 21 heavy (non-hydrogen) atoms. The zero-order valence-electron chi connectivity index (χ0n) is 12.4. The molecule has 116 valence electrons. The van der Waals surface area contributed by atoms with E-state index in [0.717, 1.165) is 56.0 Å². The number of thiophene rings is 1. The predicted octanol–water partition coefficient (Wildman–Crippen LogP) is 2.17. The summed E-state index contributed by atoms with van der Waals surface area (Å²) in [7, 11) is 2.09. The van der Waals surface area contributed by atoms with Crippen LogP contribution in [-0.2, 0) is 4.74 Å². The van der Waals surface area contributed by atoms with Crippen LogP contribution >= 0.6 is 11.3 Å². The molecule has 1 saturated carbocycles. The molecule has 1 aliphatic carbocycles. The number of amides is 1. The highest BCUT2D eigenvalue weighted by atomic mass is 32.1. The summed E-state index contributed by atoms with van der Waals surface area (Å²) in [6, 6.07) is 0. The smallest absolute Gasteiger partial charge is 0.260 e. The van der Waals surface area contributed by atoms with Crippen LogP contribution in [0.25, 0.3) is 0 Å². The number of carbonyl (C=O) groups excluding carboxylic acids is 1. The zero-order chi connectivity index (χ0) is 15.0. The minimum Gasteiger partial charge on any atom is -0.397 e. The Hall–Kier alpha value is -1.27. The monoisotopic (exact) mass is 309 g/mol. The SMILES string of the molecule is CN(CC1CCOCC1)c1sc(C(N)=O)c(N)c1C1CC1. The number of carbonyl (C=O) groups is 1. The third-order valence-corrected chi connectivity index (χ3v) is 5.74. The van der Waals surface area contributed by atoms with Crippen LogP contribution in [0, 0.1) is 5.92 Å². The zero-order valence-corrected chi connectivity index (χ0v) is 13.2. The second-order valence-corrected chi connectivity index (χ2v) is 7.14. The van der Waals surface area contributed by atoms with Crippen molar-refractivity contribution in [2.75, 3.05) is 37.4 Å². The molecule has 1 saturated heterocycles. The van der Waals surface area contributed by atoms with Crippen LogP contribution in [0.15, 0.2) is 0 Å². The van der Waals surface area contributed by atoms with E-state index in [1.54, 1.807) is 0 Å². The van der Waals surface area contributed by atoms with Crippen LogP contribution in [-0.4, -0.2) is 32.7 Å². The molecule has 5 nitrogen and oxygen atoms in total. The molecule has 2 aliphatic rings. The number of primary amides is 1. The summed E-state index contributed by atoms with van der Waals surface area (Å²) in [5.41, 5.74) is 13.4. The molecule has 0 radical (unpaired) electrons. The van der Waals surface area contributed by atoms with E-state index in [-0.39, 0.29) is 0 Å². The number of hydrogen-bond donors (Lipinski definition) is 2. The molecule has 1 aromatic heterocycles. The second-order valence-electron chi connectivity index (χ2n) is 6.14. The normalized spacial score (nSPS) is 19.7. The fourth-order valence-corrected chi connectivity index (χ4v) is 4.21. The molecule has 6 heteroatoms. The lowest BCUT2D eigenvalue weighted by Crippen LogP contribution is -2.29. The van der Waals surface area contributed by atoms with Gasteiger partial charge in [0.1, 0.15) is 4.88 Å². The number of ether oxygens (including phenoxy) is 1. The van der Waals surface area contributed by atoms with E-state index in [4.69, 9.17) is 16.2 Å². The van der Waals surface area contributed by atoms with Gasteiger partial charge >= 0.3 is 0 Å². The molecule has 4 N–H and O–H groups in total. The van der Waals surface area contributed by atoms with Gasteiger partial charge in [-0.1, -0.05) is 0 Å². The van der Waals surface area contributed by atoms with Gasteiger partial charge in [0.15, 0.2) is 0 Å². The van der Waals surface area contributed by atoms with E-state index in [9.17, 15) is 4.79 Å². The number of nitrogens with zero attached hydrogens (tertiary/aromatic N) is 1. The average molecular weight is 309 g/mol. The lowest BCUT2D eigenvalue weighted by molar-refractivity contribution is 0.0685. The molecule has 0 bridgehead atoms. The number of rotatable bonds is 5. The predicted molar refractivity (Wildman–Crippen MR) is 86.0 cm³/mol. The Morgan fingerprint density at radius 1 is 1.33 bits per heavy atom. The maximum Gasteiger partial charge on any atom is 0.260 e. The summed E-state index contributed by atoms with van der Waals surface area (Å²) in [4.78, 5) is 14.3. The van der Waals surface area contributed by atoms with Crippen LogP contribution in [0.5, 0.6) is 0 Å². The van der Waals surface area contributed by atoms with Crippen molar-refractivity contribution in [2.45, 2.75) is 31.6 Å². The first-order valence-corrected chi connectivity index (χ1v) is 8.40. The fourth-order valence-electron chi connectivity index (χ4n) is 3.08. The van der Waals surface area contributed by atoms with Crippen molar-refractivity contribution < 1.29 is 9.53 Å². The lowest BCUT2D eigenvalue weighted by Gasteiger charge is -2.28. The average Bonchev–Trinajstić information content (AvgIpc) is 3.22. The number of nitrogens with two attached hydrogens (primary N) is 2. The maximum atomic E-state index is 11.6. The van der Waals surface area contributed by atoms with Gasteiger partial charge in [-0.15, -0.1) is 11.3 Å². The van der Waals surface area contributed by atoms with E-state index in [2.05, 4.69) is 11.9 Å². The third kappa shape index (κ3) is 3.01. The summed E-state index contributed by atoms with van der Waals surface area (Å²) >= 11 is 1.45. The summed E-state index contributed by atoms with van der Waals surface area (Å²) in [5.74, 6) is 0.753. The van der Waals surface area contributed by atoms with Gasteiger partial charge in [0.25, 0.3) is 5.91 Å². The Balaban J connectivity index is 1.82. The van der Waals surface area contributed by atoms with E-state index >= 15 is 0 Å². The van der Waals surface area contributed by atoms with Crippen molar-refractivity contribution >= 4 is 27.9 Å². The molecule has 2 fully saturated rings. The largest absolute Gasteiger partial charge is 0.397 e.